The van der Waals surface area contributed by atoms with Gasteiger partial charge in [-0.15, -0.1) is 0 Å². The van der Waals surface area contributed by atoms with E-state index in [1.165, 1.54) is 42.6 Å². The van der Waals surface area contributed by atoms with Gasteiger partial charge in [0.25, 0.3) is 5.56 Å². The molecule has 0 unspecified atom stereocenters. The maximum absolute atomic E-state index is 12.5. The van der Waals surface area contributed by atoms with Gasteiger partial charge < -0.3 is 19.5 Å². The summed E-state index contributed by atoms with van der Waals surface area (Å²) < 4.78 is 8.74. The molecule has 11 nitrogen and oxygen atoms in total. The van der Waals surface area contributed by atoms with Crippen LogP contribution in [0.5, 0.6) is 11.5 Å². The number of methoxy groups -OCH3 is 1. The number of anilines is 1. The number of hydrogen-bond acceptors (Lipinski definition) is 8. The van der Waals surface area contributed by atoms with Gasteiger partial charge in [-0.1, -0.05) is 0 Å². The van der Waals surface area contributed by atoms with E-state index < -0.39 is 11.2 Å². The third-order valence-electron chi connectivity index (χ3n) is 4.25. The average Bonchev–Trinajstić information content (AvgIpc) is 3.05. The minimum atomic E-state index is -0.514. The lowest BCUT2D eigenvalue weighted by molar-refractivity contribution is 0.278. The number of hydrazone groups is 1. The molecule has 2 heterocycles. The molecule has 3 N–H and O–H groups in total. The van der Waals surface area contributed by atoms with Crippen molar-refractivity contribution in [2.24, 2.45) is 19.2 Å². The number of aromatic nitrogens is 4. The molecule has 11 heteroatoms. The van der Waals surface area contributed by atoms with Crippen LogP contribution >= 0.6 is 0 Å². The molecule has 2 aromatic heterocycles. The summed E-state index contributed by atoms with van der Waals surface area (Å²) >= 11 is 0. The molecule has 0 atom stereocenters. The minimum absolute atomic E-state index is 0.00844. The molecule has 0 fully saturated rings. The van der Waals surface area contributed by atoms with Crippen LogP contribution in [-0.2, 0) is 20.6 Å². The first kappa shape index (κ1) is 19.2. The summed E-state index contributed by atoms with van der Waals surface area (Å²) in [5.41, 5.74) is 2.73. The van der Waals surface area contributed by atoms with Crippen LogP contribution in [0.2, 0.25) is 0 Å². The zero-order valence-corrected chi connectivity index (χ0v) is 15.6. The van der Waals surface area contributed by atoms with Crippen LogP contribution in [0.4, 0.5) is 5.95 Å². The topological polar surface area (TPSA) is 136 Å². The molecule has 0 spiro atoms. The molecule has 0 bridgehead atoms. The van der Waals surface area contributed by atoms with E-state index in [1.54, 1.807) is 12.1 Å². The molecular formula is C17H20N6O5. The Balaban J connectivity index is 2.02. The summed E-state index contributed by atoms with van der Waals surface area (Å²) in [6.45, 7) is -0.139. The smallest absolute Gasteiger partial charge is 0.332 e. The number of nitrogens with one attached hydrogen (secondary N) is 1. The fourth-order valence-electron chi connectivity index (χ4n) is 2.79. The Morgan fingerprint density at radius 1 is 1.29 bits per heavy atom. The Bertz CT molecular complexity index is 1170. The molecule has 1 aromatic carbocycles. The highest BCUT2D eigenvalue weighted by atomic mass is 16.5. The highest BCUT2D eigenvalue weighted by molar-refractivity contribution is 5.81. The maximum atomic E-state index is 12.5. The van der Waals surface area contributed by atoms with Crippen molar-refractivity contribution >= 4 is 23.3 Å². The number of hydrogen-bond donors (Lipinski definition) is 3. The van der Waals surface area contributed by atoms with Crippen molar-refractivity contribution in [1.29, 1.82) is 0 Å². The highest BCUT2D eigenvalue weighted by Crippen LogP contribution is 2.25. The first-order chi connectivity index (χ1) is 13.4. The Morgan fingerprint density at radius 3 is 2.71 bits per heavy atom. The van der Waals surface area contributed by atoms with E-state index in [1.807, 2.05) is 0 Å². The lowest BCUT2D eigenvalue weighted by Gasteiger charge is -2.07. The number of aliphatic hydroxyl groups excluding tert-OH is 1. The van der Waals surface area contributed by atoms with Crippen molar-refractivity contribution < 1.29 is 14.9 Å². The fraction of sp³-hybridized carbons (Fsp3) is 0.294. The predicted octanol–water partition coefficient (Wildman–Crippen LogP) is -0.414. The van der Waals surface area contributed by atoms with Gasteiger partial charge in [-0.3, -0.25) is 13.9 Å². The number of aromatic hydroxyl groups is 1. The van der Waals surface area contributed by atoms with E-state index in [0.29, 0.717) is 11.3 Å². The zero-order chi connectivity index (χ0) is 20.4. The molecule has 0 saturated carbocycles. The van der Waals surface area contributed by atoms with Crippen molar-refractivity contribution in [3.63, 3.8) is 0 Å². The summed E-state index contributed by atoms with van der Waals surface area (Å²) in [5.74, 6) is 0.508. The standard InChI is InChI=1S/C17H20N6O5/c1-21-14-13(15(26)22(2)17(21)27)23(6-7-24)16(19-14)20-18-9-10-4-5-11(25)12(8-10)28-3/h4-5,8-9,24-25H,6-7H2,1-3H3,(H,19,20)/b18-9+. The number of aryl methyl sites for hydroxylation is 1. The van der Waals surface area contributed by atoms with Crippen LogP contribution in [0.3, 0.4) is 0 Å². The summed E-state index contributed by atoms with van der Waals surface area (Å²) in [6.07, 6.45) is 1.47. The van der Waals surface area contributed by atoms with Crippen molar-refractivity contribution in [2.75, 3.05) is 19.1 Å². The van der Waals surface area contributed by atoms with Gasteiger partial charge in [-0.2, -0.15) is 10.1 Å². The normalized spacial score (nSPS) is 11.4. The van der Waals surface area contributed by atoms with Gasteiger partial charge in [-0.25, -0.2) is 10.2 Å². The van der Waals surface area contributed by atoms with Gasteiger partial charge in [-0.05, 0) is 23.8 Å². The van der Waals surface area contributed by atoms with Crippen LogP contribution < -0.4 is 21.4 Å². The number of phenols is 1. The van der Waals surface area contributed by atoms with Crippen LogP contribution in [0, 0.1) is 0 Å². The third kappa shape index (κ3) is 3.22. The van der Waals surface area contributed by atoms with Crippen molar-refractivity contribution in [3.8, 4) is 11.5 Å². The maximum Gasteiger partial charge on any atom is 0.332 e. The SMILES string of the molecule is COc1cc(/C=N/Nc2nc3c(c(=O)n(C)c(=O)n3C)n2CCO)ccc1O. The lowest BCUT2D eigenvalue weighted by Crippen LogP contribution is -2.37. The summed E-state index contributed by atoms with van der Waals surface area (Å²) in [6, 6.07) is 4.70. The van der Waals surface area contributed by atoms with Crippen LogP contribution in [0.25, 0.3) is 11.2 Å². The first-order valence-electron chi connectivity index (χ1n) is 8.32. The van der Waals surface area contributed by atoms with Gasteiger partial charge in [0.15, 0.2) is 22.7 Å². The number of fused-ring (bicyclic) bond motifs is 1. The molecule has 148 valence electrons. The van der Waals surface area contributed by atoms with E-state index >= 15 is 0 Å². The average molecular weight is 388 g/mol. The Morgan fingerprint density at radius 2 is 2.04 bits per heavy atom. The summed E-state index contributed by atoms with van der Waals surface area (Å²) in [5, 5.41) is 23.1. The van der Waals surface area contributed by atoms with E-state index in [2.05, 4.69) is 15.5 Å². The fourth-order valence-corrected chi connectivity index (χ4v) is 2.79. The van der Waals surface area contributed by atoms with E-state index in [-0.39, 0.29) is 36.0 Å². The van der Waals surface area contributed by atoms with Gasteiger partial charge in [0.1, 0.15) is 0 Å². The number of benzene rings is 1. The van der Waals surface area contributed by atoms with Gasteiger partial charge in [0.2, 0.25) is 5.95 Å². The predicted molar refractivity (Wildman–Crippen MR) is 103 cm³/mol. The molecule has 3 rings (SSSR count). The molecule has 0 aliphatic rings. The van der Waals surface area contributed by atoms with Crippen molar-refractivity contribution in [1.82, 2.24) is 18.7 Å². The zero-order valence-electron chi connectivity index (χ0n) is 15.6. The first-order valence-corrected chi connectivity index (χ1v) is 8.32. The van der Waals surface area contributed by atoms with Crippen LogP contribution in [-0.4, -0.2) is 48.8 Å². The van der Waals surface area contributed by atoms with E-state index in [0.717, 1.165) is 4.57 Å². The quantitative estimate of drug-likeness (QED) is 0.386. The second kappa shape index (κ2) is 7.56. The molecule has 0 aliphatic carbocycles. The Kier molecular flexibility index (Phi) is 5.18. The number of ether oxygens (including phenoxy) is 1. The second-order valence-electron chi connectivity index (χ2n) is 5.99. The van der Waals surface area contributed by atoms with Crippen LogP contribution in [0.15, 0.2) is 32.9 Å². The molecule has 28 heavy (non-hydrogen) atoms. The number of rotatable bonds is 6. The molecule has 0 saturated heterocycles. The minimum Gasteiger partial charge on any atom is -0.504 e. The molecule has 0 amide bonds. The third-order valence-corrected chi connectivity index (χ3v) is 4.25. The largest absolute Gasteiger partial charge is 0.504 e. The number of nitrogens with zero attached hydrogens (tertiary/aromatic N) is 5. The highest BCUT2D eigenvalue weighted by Gasteiger charge is 2.18. The Hall–Kier alpha value is -3.60. The molecule has 0 aliphatic heterocycles. The van der Waals surface area contributed by atoms with E-state index in [9.17, 15) is 19.8 Å². The summed E-state index contributed by atoms with van der Waals surface area (Å²) in [4.78, 5) is 28.9. The van der Waals surface area contributed by atoms with Crippen molar-refractivity contribution in [2.45, 2.75) is 6.54 Å². The van der Waals surface area contributed by atoms with E-state index in [4.69, 9.17) is 4.74 Å². The lowest BCUT2D eigenvalue weighted by atomic mass is 10.2. The number of imidazole rings is 1. The molecule has 3 aromatic rings. The second-order valence-corrected chi connectivity index (χ2v) is 5.99. The van der Waals surface area contributed by atoms with Crippen LogP contribution in [0.1, 0.15) is 5.56 Å². The van der Waals surface area contributed by atoms with Crippen molar-refractivity contribution in [3.05, 3.63) is 44.6 Å². The Labute approximate surface area is 158 Å². The van der Waals surface area contributed by atoms with Gasteiger partial charge in [0.05, 0.1) is 19.9 Å². The molecule has 0 radical (unpaired) electrons. The molecular weight excluding hydrogens is 368 g/mol. The van der Waals surface area contributed by atoms with Gasteiger partial charge in [0, 0.05) is 20.6 Å². The summed E-state index contributed by atoms with van der Waals surface area (Å²) in [7, 11) is 4.33. The van der Waals surface area contributed by atoms with Gasteiger partial charge >= 0.3 is 5.69 Å². The number of phenolic OH excluding ortho intramolecular Hbond substituents is 1. The number of aliphatic hydroxyl groups is 1. The monoisotopic (exact) mass is 388 g/mol.